The van der Waals surface area contributed by atoms with E-state index in [2.05, 4.69) is 15.2 Å². The van der Waals surface area contributed by atoms with Gasteiger partial charge in [0.2, 0.25) is 0 Å². The van der Waals surface area contributed by atoms with E-state index in [1.165, 1.54) is 12.1 Å². The number of nitrogens with one attached hydrogen (secondary N) is 2. The predicted molar refractivity (Wildman–Crippen MR) is 107 cm³/mol. The van der Waals surface area contributed by atoms with Crippen molar-refractivity contribution in [2.45, 2.75) is 34.2 Å². The first kappa shape index (κ1) is 18.7. The Bertz CT molecular complexity index is 974. The number of benzene rings is 2. The zero-order valence-electron chi connectivity index (χ0n) is 16.1. The van der Waals surface area contributed by atoms with Crippen molar-refractivity contribution in [2.75, 3.05) is 5.32 Å². The van der Waals surface area contributed by atoms with Crippen molar-refractivity contribution in [3.8, 4) is 5.69 Å². The molecule has 1 aromatic heterocycles. The Morgan fingerprint density at radius 2 is 1.74 bits per heavy atom. The van der Waals surface area contributed by atoms with Crippen molar-refractivity contribution in [3.05, 3.63) is 82.4 Å². The Labute approximate surface area is 159 Å². The number of hydrogen-bond acceptors (Lipinski definition) is 1. The van der Waals surface area contributed by atoms with Gasteiger partial charge in [0.15, 0.2) is 0 Å². The molecule has 0 saturated carbocycles. The lowest BCUT2D eigenvalue weighted by atomic mass is 10.1. The summed E-state index contributed by atoms with van der Waals surface area (Å²) in [4.78, 5) is 12.3. The van der Waals surface area contributed by atoms with E-state index in [-0.39, 0.29) is 11.8 Å². The molecule has 0 radical (unpaired) electrons. The van der Waals surface area contributed by atoms with Crippen molar-refractivity contribution in [2.24, 2.45) is 0 Å². The summed E-state index contributed by atoms with van der Waals surface area (Å²) in [6, 6.07) is 14.0. The Hall–Kier alpha value is -3.08. The SMILES string of the molecule is Cc1cccc(NC(=O)NCc2cc(C)n(-c3ccc(F)cc3)c2C)c1C. The van der Waals surface area contributed by atoms with Crippen molar-refractivity contribution in [1.82, 2.24) is 9.88 Å². The van der Waals surface area contributed by atoms with Crippen LogP contribution >= 0.6 is 0 Å². The molecule has 5 heteroatoms. The Morgan fingerprint density at radius 1 is 1.04 bits per heavy atom. The molecule has 0 aliphatic heterocycles. The molecule has 0 unspecified atom stereocenters. The third-order valence-corrected chi connectivity index (χ3v) is 4.91. The van der Waals surface area contributed by atoms with E-state index in [1.54, 1.807) is 12.1 Å². The number of rotatable bonds is 4. The summed E-state index contributed by atoms with van der Waals surface area (Å²) in [6.07, 6.45) is 0. The molecule has 3 rings (SSSR count). The van der Waals surface area contributed by atoms with Gasteiger partial charge in [-0.2, -0.15) is 0 Å². The maximum absolute atomic E-state index is 13.2. The zero-order chi connectivity index (χ0) is 19.6. The number of hydrogen-bond donors (Lipinski definition) is 2. The minimum Gasteiger partial charge on any atom is -0.334 e. The monoisotopic (exact) mass is 365 g/mol. The van der Waals surface area contributed by atoms with Crippen LogP contribution in [-0.4, -0.2) is 10.6 Å². The minimum absolute atomic E-state index is 0.240. The van der Waals surface area contributed by atoms with E-state index in [0.29, 0.717) is 6.54 Å². The summed E-state index contributed by atoms with van der Waals surface area (Å²) < 4.78 is 15.2. The molecule has 0 saturated heterocycles. The van der Waals surface area contributed by atoms with Gasteiger partial charge in [-0.1, -0.05) is 12.1 Å². The number of anilines is 1. The molecular formula is C22H24FN3O. The number of amides is 2. The van der Waals surface area contributed by atoms with Crippen LogP contribution in [0.15, 0.2) is 48.5 Å². The zero-order valence-corrected chi connectivity index (χ0v) is 16.1. The molecule has 1 heterocycles. The number of aromatic nitrogens is 1. The van der Waals surface area contributed by atoms with Crippen LogP contribution in [0.2, 0.25) is 0 Å². The fourth-order valence-electron chi connectivity index (χ4n) is 3.22. The van der Waals surface area contributed by atoms with Crippen molar-refractivity contribution in [1.29, 1.82) is 0 Å². The molecule has 27 heavy (non-hydrogen) atoms. The molecule has 140 valence electrons. The average Bonchev–Trinajstić information content (AvgIpc) is 2.92. The van der Waals surface area contributed by atoms with Crippen LogP contribution in [0.1, 0.15) is 28.1 Å². The molecule has 0 aliphatic carbocycles. The standard InChI is InChI=1S/C22H24FN3O/c1-14-6-5-7-21(16(14)3)25-22(27)24-13-18-12-15(2)26(17(18)4)20-10-8-19(23)9-11-20/h5-12H,13H2,1-4H3,(H2,24,25,27). The van der Waals surface area contributed by atoms with E-state index in [4.69, 9.17) is 0 Å². The highest BCUT2D eigenvalue weighted by Crippen LogP contribution is 2.21. The Balaban J connectivity index is 1.71. The maximum Gasteiger partial charge on any atom is 0.319 e. The van der Waals surface area contributed by atoms with Gasteiger partial charge in [0.1, 0.15) is 5.82 Å². The molecule has 2 N–H and O–H groups in total. The largest absolute Gasteiger partial charge is 0.334 e. The van der Waals surface area contributed by atoms with E-state index in [9.17, 15) is 9.18 Å². The van der Waals surface area contributed by atoms with Gasteiger partial charge >= 0.3 is 6.03 Å². The highest BCUT2D eigenvalue weighted by Gasteiger charge is 2.12. The third kappa shape index (κ3) is 4.03. The first-order valence-corrected chi connectivity index (χ1v) is 8.91. The van der Waals surface area contributed by atoms with Crippen LogP contribution in [0, 0.1) is 33.5 Å². The van der Waals surface area contributed by atoms with E-state index in [1.807, 2.05) is 52.0 Å². The molecular weight excluding hydrogens is 341 g/mol. The summed E-state index contributed by atoms with van der Waals surface area (Å²) in [5.74, 6) is -0.258. The Kier molecular flexibility index (Phi) is 5.31. The number of aryl methyl sites for hydroxylation is 2. The summed E-state index contributed by atoms with van der Waals surface area (Å²) in [5, 5.41) is 5.81. The molecule has 0 spiro atoms. The smallest absolute Gasteiger partial charge is 0.319 e. The van der Waals surface area contributed by atoms with Crippen LogP contribution in [0.4, 0.5) is 14.9 Å². The third-order valence-electron chi connectivity index (χ3n) is 4.91. The van der Waals surface area contributed by atoms with Gasteiger partial charge in [0, 0.05) is 29.3 Å². The number of nitrogens with zero attached hydrogens (tertiary/aromatic N) is 1. The number of halogens is 1. The fourth-order valence-corrected chi connectivity index (χ4v) is 3.22. The van der Waals surface area contributed by atoms with Crippen LogP contribution in [-0.2, 0) is 6.54 Å². The first-order valence-electron chi connectivity index (χ1n) is 8.91. The summed E-state index contributed by atoms with van der Waals surface area (Å²) >= 11 is 0. The van der Waals surface area contributed by atoms with Crippen molar-refractivity contribution in [3.63, 3.8) is 0 Å². The van der Waals surface area contributed by atoms with Gasteiger partial charge < -0.3 is 15.2 Å². The lowest BCUT2D eigenvalue weighted by Gasteiger charge is -2.12. The molecule has 2 amide bonds. The minimum atomic E-state index is -0.258. The van der Waals surface area contributed by atoms with Gasteiger partial charge in [-0.3, -0.25) is 0 Å². The normalized spacial score (nSPS) is 10.7. The highest BCUT2D eigenvalue weighted by atomic mass is 19.1. The van der Waals surface area contributed by atoms with Crippen LogP contribution in [0.25, 0.3) is 5.69 Å². The summed E-state index contributed by atoms with van der Waals surface area (Å²) in [6.45, 7) is 8.41. The predicted octanol–water partition coefficient (Wildman–Crippen LogP) is 5.17. The topological polar surface area (TPSA) is 46.1 Å². The maximum atomic E-state index is 13.2. The first-order chi connectivity index (χ1) is 12.9. The second kappa shape index (κ2) is 7.66. The molecule has 3 aromatic rings. The molecule has 2 aromatic carbocycles. The van der Waals surface area contributed by atoms with Crippen LogP contribution in [0.3, 0.4) is 0 Å². The molecule has 4 nitrogen and oxygen atoms in total. The lowest BCUT2D eigenvalue weighted by molar-refractivity contribution is 0.251. The van der Waals surface area contributed by atoms with Gasteiger partial charge in [-0.05, 0) is 80.8 Å². The fraction of sp³-hybridized carbons (Fsp3) is 0.227. The molecule has 0 atom stereocenters. The molecule has 0 fully saturated rings. The highest BCUT2D eigenvalue weighted by molar-refractivity contribution is 5.90. The second-order valence-electron chi connectivity index (χ2n) is 6.76. The summed E-state index contributed by atoms with van der Waals surface area (Å²) in [5.41, 5.74) is 6.98. The Morgan fingerprint density at radius 3 is 2.44 bits per heavy atom. The van der Waals surface area contributed by atoms with E-state index >= 15 is 0 Å². The van der Waals surface area contributed by atoms with Gasteiger partial charge in [0.05, 0.1) is 0 Å². The van der Waals surface area contributed by atoms with Gasteiger partial charge in [-0.15, -0.1) is 0 Å². The van der Waals surface area contributed by atoms with Crippen molar-refractivity contribution >= 4 is 11.7 Å². The van der Waals surface area contributed by atoms with Gasteiger partial charge in [-0.25, -0.2) is 9.18 Å². The van der Waals surface area contributed by atoms with Crippen LogP contribution in [0.5, 0.6) is 0 Å². The number of carbonyl (C=O) groups excluding carboxylic acids is 1. The summed E-state index contributed by atoms with van der Waals surface area (Å²) in [7, 11) is 0. The van der Waals surface area contributed by atoms with E-state index in [0.717, 1.165) is 39.5 Å². The van der Waals surface area contributed by atoms with Crippen molar-refractivity contribution < 1.29 is 9.18 Å². The number of urea groups is 1. The lowest BCUT2D eigenvalue weighted by Crippen LogP contribution is -2.28. The van der Waals surface area contributed by atoms with Crippen LogP contribution < -0.4 is 10.6 Å². The molecule has 0 aliphatic rings. The second-order valence-corrected chi connectivity index (χ2v) is 6.76. The average molecular weight is 365 g/mol. The van der Waals surface area contributed by atoms with E-state index < -0.39 is 0 Å². The molecule has 0 bridgehead atoms. The number of carbonyl (C=O) groups is 1. The van der Waals surface area contributed by atoms with Gasteiger partial charge in [0.25, 0.3) is 0 Å². The quantitative estimate of drug-likeness (QED) is 0.658.